The number of nitrogens with one attached hydrogen (secondary N) is 1. The molecule has 0 unspecified atom stereocenters. The van der Waals surface area contributed by atoms with Crippen molar-refractivity contribution >= 4 is 29.4 Å². The lowest BCUT2D eigenvalue weighted by molar-refractivity contribution is -0.152. The molecule has 0 fully saturated rings. The van der Waals surface area contributed by atoms with E-state index in [1.807, 2.05) is 13.8 Å². The van der Waals surface area contributed by atoms with Gasteiger partial charge in [0, 0.05) is 5.41 Å². The third-order valence-corrected chi connectivity index (χ3v) is 4.28. The van der Waals surface area contributed by atoms with Gasteiger partial charge in [-0.1, -0.05) is 25.4 Å². The minimum absolute atomic E-state index is 0.104. The molecule has 0 saturated heterocycles. The summed E-state index contributed by atoms with van der Waals surface area (Å²) in [5, 5.41) is 2.76. The summed E-state index contributed by atoms with van der Waals surface area (Å²) in [6, 6.07) is -0.792. The summed E-state index contributed by atoms with van der Waals surface area (Å²) in [4.78, 5) is 40.9. The predicted molar refractivity (Wildman–Crippen MR) is 96.5 cm³/mol. The predicted octanol–water partition coefficient (Wildman–Crippen LogP) is 2.05. The molecule has 0 saturated carbocycles. The van der Waals surface area contributed by atoms with Gasteiger partial charge in [-0.3, -0.25) is 14.2 Å². The number of carbonyl (C=O) groups excluding carboxylic acids is 2. The topological polar surface area (TPSA) is 99.5 Å². The van der Waals surface area contributed by atoms with Crippen molar-refractivity contribution in [3.63, 3.8) is 0 Å². The lowest BCUT2D eigenvalue weighted by Gasteiger charge is -2.20. The monoisotopic (exact) mass is 385 g/mol. The van der Waals surface area contributed by atoms with Gasteiger partial charge in [-0.05, 0) is 27.2 Å². The van der Waals surface area contributed by atoms with Gasteiger partial charge in [0.15, 0.2) is 11.0 Å². The number of hydrogen-bond donors (Lipinski definition) is 1. The number of nitrogens with zero attached hydrogens (tertiary/aromatic N) is 2. The molecular formula is C17H24ClN3O5. The van der Waals surface area contributed by atoms with Gasteiger partial charge in [0.1, 0.15) is 18.2 Å². The molecule has 2 rings (SSSR count). The second-order valence-electron chi connectivity index (χ2n) is 7.84. The van der Waals surface area contributed by atoms with Gasteiger partial charge in [-0.15, -0.1) is 0 Å². The van der Waals surface area contributed by atoms with Crippen LogP contribution in [0.2, 0.25) is 5.15 Å². The molecule has 1 aromatic heterocycles. The molecule has 0 spiro atoms. The number of ether oxygens (including phenoxy) is 2. The molecular weight excluding hydrogens is 362 g/mol. The van der Waals surface area contributed by atoms with E-state index in [0.717, 1.165) is 0 Å². The van der Waals surface area contributed by atoms with Gasteiger partial charge in [-0.25, -0.2) is 9.78 Å². The molecule has 0 aromatic carbocycles. The highest BCUT2D eigenvalue weighted by Gasteiger charge is 2.44. The zero-order valence-electron chi connectivity index (χ0n) is 15.8. The molecule has 144 valence electrons. The number of esters is 2. The smallest absolute Gasteiger partial charge is 0.329 e. The van der Waals surface area contributed by atoms with Gasteiger partial charge in [0.25, 0.3) is 5.56 Å². The first kappa shape index (κ1) is 20.2. The molecule has 0 amide bonds. The average Bonchev–Trinajstić information content (AvgIpc) is 2.79. The summed E-state index contributed by atoms with van der Waals surface area (Å²) in [5.74, 6) is -1.18. The second kappa shape index (κ2) is 6.90. The fourth-order valence-corrected chi connectivity index (χ4v) is 3.49. The van der Waals surface area contributed by atoms with Crippen molar-refractivity contribution in [1.29, 1.82) is 0 Å². The molecule has 1 aliphatic rings. The number of rotatable bonds is 4. The van der Waals surface area contributed by atoms with E-state index in [9.17, 15) is 14.4 Å². The molecule has 9 heteroatoms. The zero-order chi connectivity index (χ0) is 19.9. The van der Waals surface area contributed by atoms with Crippen LogP contribution in [0.5, 0.6) is 0 Å². The van der Waals surface area contributed by atoms with Gasteiger partial charge < -0.3 is 14.8 Å². The van der Waals surface area contributed by atoms with Crippen molar-refractivity contribution in [2.24, 2.45) is 0 Å². The minimum atomic E-state index is -0.792. The normalized spacial score (nSPS) is 18.2. The van der Waals surface area contributed by atoms with E-state index in [1.165, 1.54) is 11.7 Å². The number of aromatic nitrogens is 2. The van der Waals surface area contributed by atoms with E-state index in [2.05, 4.69) is 10.3 Å². The fourth-order valence-electron chi connectivity index (χ4n) is 3.06. The lowest BCUT2D eigenvalue weighted by atomic mass is 9.87. The Morgan fingerprint density at radius 3 is 2.54 bits per heavy atom. The number of halogens is 1. The number of fused-ring (bicyclic) bond motifs is 1. The first-order chi connectivity index (χ1) is 11.9. The summed E-state index contributed by atoms with van der Waals surface area (Å²) in [6.45, 7) is 8.74. The number of anilines is 1. The van der Waals surface area contributed by atoms with Gasteiger partial charge in [-0.2, -0.15) is 0 Å². The summed E-state index contributed by atoms with van der Waals surface area (Å²) < 4.78 is 11.3. The Morgan fingerprint density at radius 2 is 2.00 bits per heavy atom. The molecule has 0 bridgehead atoms. The van der Waals surface area contributed by atoms with Crippen LogP contribution in [-0.2, 0) is 24.5 Å². The first-order valence-corrected chi connectivity index (χ1v) is 8.61. The Balaban J connectivity index is 2.38. The van der Waals surface area contributed by atoms with Crippen molar-refractivity contribution < 1.29 is 19.1 Å². The van der Waals surface area contributed by atoms with Crippen molar-refractivity contribution in [2.75, 3.05) is 19.0 Å². The van der Waals surface area contributed by atoms with Crippen LogP contribution in [0.1, 0.15) is 52.8 Å². The number of hydrogen-bond acceptors (Lipinski definition) is 7. The maximum atomic E-state index is 12.8. The van der Waals surface area contributed by atoms with E-state index in [-0.39, 0.29) is 17.5 Å². The van der Waals surface area contributed by atoms with Crippen LogP contribution in [0.4, 0.5) is 5.82 Å². The highest BCUT2D eigenvalue weighted by Crippen LogP contribution is 2.43. The largest absolute Gasteiger partial charge is 0.467 e. The minimum Gasteiger partial charge on any atom is -0.467 e. The third-order valence-electron chi connectivity index (χ3n) is 4.02. The van der Waals surface area contributed by atoms with Crippen molar-refractivity contribution in [1.82, 2.24) is 9.55 Å². The van der Waals surface area contributed by atoms with Gasteiger partial charge in [0.2, 0.25) is 0 Å². The molecule has 2 heterocycles. The molecule has 26 heavy (non-hydrogen) atoms. The van der Waals surface area contributed by atoms with Crippen LogP contribution in [0.15, 0.2) is 4.79 Å². The SMILES string of the molecule is COC(=O)[C@@H]1CC(C)(C)c2c(Cl)nc(NCC(=O)OC(C)(C)C)c(=O)n21. The van der Waals surface area contributed by atoms with Gasteiger partial charge in [0.05, 0.1) is 12.8 Å². The number of methoxy groups -OCH3 is 1. The summed E-state index contributed by atoms with van der Waals surface area (Å²) >= 11 is 6.29. The molecule has 0 aliphatic carbocycles. The summed E-state index contributed by atoms with van der Waals surface area (Å²) in [6.07, 6.45) is 0.367. The second-order valence-corrected chi connectivity index (χ2v) is 8.20. The highest BCUT2D eigenvalue weighted by atomic mass is 35.5. The summed E-state index contributed by atoms with van der Waals surface area (Å²) in [5.41, 5.74) is -1.22. The zero-order valence-corrected chi connectivity index (χ0v) is 16.6. The van der Waals surface area contributed by atoms with E-state index >= 15 is 0 Å². The van der Waals surface area contributed by atoms with Crippen molar-refractivity contribution in [3.8, 4) is 0 Å². The van der Waals surface area contributed by atoms with Crippen molar-refractivity contribution in [3.05, 3.63) is 21.2 Å². The van der Waals surface area contributed by atoms with Crippen LogP contribution < -0.4 is 10.9 Å². The Hall–Kier alpha value is -2.09. The Kier molecular flexibility index (Phi) is 5.37. The fraction of sp³-hybridized carbons (Fsp3) is 0.647. The molecule has 1 aliphatic heterocycles. The Labute approximate surface area is 156 Å². The van der Waals surface area contributed by atoms with Crippen LogP contribution in [0, 0.1) is 0 Å². The molecule has 1 atom stereocenters. The first-order valence-electron chi connectivity index (χ1n) is 8.23. The Morgan fingerprint density at radius 1 is 1.38 bits per heavy atom. The lowest BCUT2D eigenvalue weighted by Crippen LogP contribution is -2.34. The van der Waals surface area contributed by atoms with Crippen LogP contribution in [-0.4, -0.2) is 40.7 Å². The van der Waals surface area contributed by atoms with E-state index < -0.39 is 34.6 Å². The van der Waals surface area contributed by atoms with E-state index in [1.54, 1.807) is 20.8 Å². The van der Waals surface area contributed by atoms with Crippen LogP contribution in [0.3, 0.4) is 0 Å². The quantitative estimate of drug-likeness (QED) is 0.791. The summed E-state index contributed by atoms with van der Waals surface area (Å²) in [7, 11) is 1.27. The van der Waals surface area contributed by atoms with E-state index in [0.29, 0.717) is 12.1 Å². The van der Waals surface area contributed by atoms with Crippen molar-refractivity contribution in [2.45, 2.75) is 58.1 Å². The highest BCUT2D eigenvalue weighted by molar-refractivity contribution is 6.30. The van der Waals surface area contributed by atoms with Crippen LogP contribution >= 0.6 is 11.6 Å². The maximum absolute atomic E-state index is 12.8. The number of carbonyl (C=O) groups is 2. The molecule has 1 N–H and O–H groups in total. The third kappa shape index (κ3) is 4.00. The standard InChI is InChI=1S/C17H24ClN3O5/c1-16(2,3)26-10(22)8-19-13-14(23)21-9(15(24)25-6)7-17(4,5)11(21)12(18)20-13/h9H,7-8H2,1-6H3,(H,19,20)/t9-/m0/s1. The maximum Gasteiger partial charge on any atom is 0.329 e. The van der Waals surface area contributed by atoms with E-state index in [4.69, 9.17) is 21.1 Å². The average molecular weight is 386 g/mol. The molecule has 1 aromatic rings. The molecule has 0 radical (unpaired) electrons. The Bertz CT molecular complexity index is 795. The van der Waals surface area contributed by atoms with Crippen LogP contribution in [0.25, 0.3) is 0 Å². The van der Waals surface area contributed by atoms with Gasteiger partial charge >= 0.3 is 11.9 Å². The molecule has 8 nitrogen and oxygen atoms in total.